The number of halogens is 3. The average Bonchev–Trinajstić information content (AvgIpc) is 4.18. The fourth-order valence-corrected chi connectivity index (χ4v) is 9.84. The van der Waals surface area contributed by atoms with Gasteiger partial charge in [-0.05, 0) is 73.6 Å². The van der Waals surface area contributed by atoms with E-state index in [9.17, 15) is 28.0 Å². The lowest BCUT2D eigenvalue weighted by atomic mass is 10.0. The largest absolute Gasteiger partial charge is 0.464 e. The van der Waals surface area contributed by atoms with E-state index < -0.39 is 48.8 Å². The van der Waals surface area contributed by atoms with Crippen molar-refractivity contribution in [3.63, 3.8) is 0 Å². The molecule has 4 atom stereocenters. The molecule has 0 aliphatic carbocycles. The number of carbonyl (C=O) groups excluding carboxylic acids is 4. The maximum atomic E-state index is 16.8. The van der Waals surface area contributed by atoms with Crippen molar-refractivity contribution in [2.75, 3.05) is 27.3 Å². The van der Waals surface area contributed by atoms with Crippen molar-refractivity contribution < 1.29 is 46.6 Å². The lowest BCUT2D eigenvalue weighted by Crippen LogP contribution is -2.51. The van der Waals surface area contributed by atoms with Gasteiger partial charge in [0.2, 0.25) is 18.0 Å². The predicted octanol–water partition coefficient (Wildman–Crippen LogP) is 9.33. The van der Waals surface area contributed by atoms with Gasteiger partial charge in [0.05, 0.1) is 77.1 Å². The number of ether oxygens (including phenoxy) is 3. The minimum absolute atomic E-state index is 0.131. The minimum Gasteiger partial charge on any atom is -0.464 e. The number of hydrogen-bond acceptors (Lipinski definition) is 10. The molecule has 0 radical (unpaired) electrons. The number of fused-ring (bicyclic) bond motifs is 5. The second-order valence-corrected chi connectivity index (χ2v) is 18.8. The number of hydrogen-bond donors (Lipinski definition) is 4. The van der Waals surface area contributed by atoms with Crippen LogP contribution in [0.15, 0.2) is 60.9 Å². The quantitative estimate of drug-likeness (QED) is 0.0778. The number of aromatic amines is 2. The maximum absolute atomic E-state index is 16.8. The van der Waals surface area contributed by atoms with E-state index in [4.69, 9.17) is 14.2 Å². The molecule has 8 rings (SSSR count). The number of imidazole rings is 2. The molecule has 4 aromatic heterocycles. The van der Waals surface area contributed by atoms with Gasteiger partial charge in [-0.2, -0.15) is 0 Å². The molecule has 1 fully saturated rings. The zero-order valence-corrected chi connectivity index (χ0v) is 39.5. The van der Waals surface area contributed by atoms with Crippen molar-refractivity contribution in [1.82, 2.24) is 44.9 Å². The molecule has 360 valence electrons. The highest BCUT2D eigenvalue weighted by Gasteiger charge is 2.38. The maximum Gasteiger partial charge on any atom is 0.407 e. The molecule has 0 bridgehead atoms. The highest BCUT2D eigenvalue weighted by atomic mass is 32.1. The van der Waals surface area contributed by atoms with Gasteiger partial charge in [0.25, 0.3) is 6.43 Å². The molecule has 4 unspecified atom stereocenters. The zero-order chi connectivity index (χ0) is 48.6. The van der Waals surface area contributed by atoms with E-state index in [1.54, 1.807) is 34.3 Å². The first-order valence-corrected chi connectivity index (χ1v) is 23.3. The molecule has 2 aliphatic heterocycles. The van der Waals surface area contributed by atoms with Crippen LogP contribution in [0.2, 0.25) is 0 Å². The Kier molecular flexibility index (Phi) is 13.9. The van der Waals surface area contributed by atoms with Gasteiger partial charge >= 0.3 is 12.2 Å². The second kappa shape index (κ2) is 19.8. The predicted molar refractivity (Wildman–Crippen MR) is 248 cm³/mol. The molecule has 4 amide bonds. The number of likely N-dealkylation sites (tertiary alicyclic amines) is 1. The molecule has 2 aromatic carbocycles. The molecule has 0 saturated carbocycles. The fourth-order valence-electron chi connectivity index (χ4n) is 8.95. The lowest BCUT2D eigenvalue weighted by Gasteiger charge is -2.30. The topological polar surface area (TPSA) is 189 Å². The van der Waals surface area contributed by atoms with Crippen LogP contribution in [0.3, 0.4) is 0 Å². The average molecular weight is 958 g/mol. The first-order chi connectivity index (χ1) is 32.6. The minimum atomic E-state index is -2.70. The van der Waals surface area contributed by atoms with E-state index in [0.29, 0.717) is 77.0 Å². The third-order valence-electron chi connectivity index (χ3n) is 12.4. The van der Waals surface area contributed by atoms with E-state index in [-0.39, 0.29) is 46.4 Å². The number of amides is 4. The van der Waals surface area contributed by atoms with Gasteiger partial charge in [-0.15, -0.1) is 11.3 Å². The Morgan fingerprint density at radius 1 is 0.912 bits per heavy atom. The van der Waals surface area contributed by atoms with E-state index in [1.165, 1.54) is 26.4 Å². The van der Waals surface area contributed by atoms with Gasteiger partial charge in [-0.3, -0.25) is 14.2 Å². The van der Waals surface area contributed by atoms with Gasteiger partial charge in [0, 0.05) is 29.6 Å². The highest BCUT2D eigenvalue weighted by Crippen LogP contribution is 2.48. The molecule has 68 heavy (non-hydrogen) atoms. The number of aromatic nitrogens is 5. The molecule has 0 spiro atoms. The molecule has 16 nitrogen and oxygen atoms in total. The van der Waals surface area contributed by atoms with Crippen molar-refractivity contribution in [1.29, 1.82) is 0 Å². The van der Waals surface area contributed by atoms with Gasteiger partial charge < -0.3 is 44.6 Å². The summed E-state index contributed by atoms with van der Waals surface area (Å²) in [7, 11) is 2.48. The Balaban J connectivity index is 1.11. The van der Waals surface area contributed by atoms with Crippen molar-refractivity contribution in [3.05, 3.63) is 88.1 Å². The Hall–Kier alpha value is -6.83. The van der Waals surface area contributed by atoms with E-state index in [1.807, 2.05) is 63.5 Å². The number of methoxy groups -OCH3 is 2. The van der Waals surface area contributed by atoms with Crippen LogP contribution in [0.1, 0.15) is 94.0 Å². The van der Waals surface area contributed by atoms with Crippen LogP contribution in [0.25, 0.3) is 44.7 Å². The van der Waals surface area contributed by atoms with Crippen molar-refractivity contribution in [2.45, 2.75) is 91.2 Å². The van der Waals surface area contributed by atoms with Crippen LogP contribution in [0.4, 0.5) is 22.8 Å². The van der Waals surface area contributed by atoms with Crippen LogP contribution >= 0.6 is 11.3 Å². The number of thiophene rings is 1. The summed E-state index contributed by atoms with van der Waals surface area (Å²) >= 11 is 0.914. The lowest BCUT2D eigenvalue weighted by molar-refractivity contribution is -0.136. The van der Waals surface area contributed by atoms with Crippen LogP contribution < -0.4 is 15.4 Å². The summed E-state index contributed by atoms with van der Waals surface area (Å²) in [5.74, 6) is -0.311. The molecule has 6 aromatic rings. The molecule has 4 N–H and O–H groups in total. The molecule has 1 saturated heterocycles. The van der Waals surface area contributed by atoms with Crippen LogP contribution in [-0.2, 0) is 25.6 Å². The second-order valence-electron chi connectivity index (χ2n) is 17.6. The number of alkyl halides is 2. The number of nitrogens with zero attached hydrogens (tertiary/aromatic N) is 5. The Bertz CT molecular complexity index is 2840. The summed E-state index contributed by atoms with van der Waals surface area (Å²) in [6.45, 7) is 10.4. The first-order valence-electron chi connectivity index (χ1n) is 22.5. The van der Waals surface area contributed by atoms with Gasteiger partial charge in [0.15, 0.2) is 0 Å². The van der Waals surface area contributed by atoms with Crippen molar-refractivity contribution >= 4 is 46.2 Å². The van der Waals surface area contributed by atoms with Crippen molar-refractivity contribution in [3.8, 4) is 39.5 Å². The summed E-state index contributed by atoms with van der Waals surface area (Å²) in [6, 6.07) is 11.5. The Labute approximate surface area is 394 Å². The fraction of sp³-hybridized carbons (Fsp3) is 0.417. The standard InChI is InChI=1S/C48H54F3N9O7S/c1-8-15-58(44(61)40(24(2)3)56-47(63)65-6)23-38-52-21-30(54-38)26-11-12-32-28(17-26)19-34-39-29(49)18-27(20-35(39)67-46(60(32)34)37-14-13-36(68-37)42(50)51)31-22-53-43(55-31)33-10-9-16-59(33)45(62)41(25(4)5)57-48(64)66-7/h11-14,17-22,24-25,33,40-42,46H,8-10,15-16,23H2,1-7H3,(H,52,54)(H,53,55)(H,56,63)(H,57,64). The monoisotopic (exact) mass is 957 g/mol. The number of benzene rings is 2. The number of nitrogens with one attached hydrogen (secondary N) is 4. The number of carbonyl (C=O) groups is 4. The first kappa shape index (κ1) is 47.7. The van der Waals surface area contributed by atoms with Gasteiger partial charge in [0.1, 0.15) is 35.3 Å². The summed E-state index contributed by atoms with van der Waals surface area (Å²) in [5, 5.41) is 6.02. The third kappa shape index (κ3) is 9.37. The molecule has 20 heteroatoms. The van der Waals surface area contributed by atoms with E-state index >= 15 is 4.39 Å². The molecular formula is C48H54F3N9O7S. The Morgan fingerprint density at radius 3 is 2.29 bits per heavy atom. The number of rotatable bonds is 15. The number of H-pyrrole nitrogens is 2. The van der Waals surface area contributed by atoms with E-state index in [0.717, 1.165) is 22.3 Å². The molecule has 2 aliphatic rings. The molecular weight excluding hydrogens is 904 g/mol. The molecule has 6 heterocycles. The normalized spacial score (nSPS) is 16.4. The SMILES string of the molecule is CCCN(Cc1ncc(-c2ccc3c(c2)cc2n3C(c3ccc(C(F)F)s3)Oc3cc(-c4cnc(C5CCCN5C(=O)C(NC(=O)OC)C(C)C)[nH]4)cc(F)c3-2)[nH]1)C(=O)C(NC(=O)OC)C(C)C. The number of alkyl carbamates (subject to hydrolysis) is 2. The summed E-state index contributed by atoms with van der Waals surface area (Å²) in [5.41, 5.74) is 3.63. The summed E-state index contributed by atoms with van der Waals surface area (Å²) in [4.78, 5) is 71.1. The van der Waals surface area contributed by atoms with Crippen LogP contribution in [-0.4, -0.2) is 97.7 Å². The van der Waals surface area contributed by atoms with E-state index in [2.05, 4.69) is 30.6 Å². The summed E-state index contributed by atoms with van der Waals surface area (Å²) in [6.07, 6.45) is 0.221. The smallest absolute Gasteiger partial charge is 0.407 e. The van der Waals surface area contributed by atoms with Crippen LogP contribution in [0.5, 0.6) is 5.75 Å². The van der Waals surface area contributed by atoms with Crippen molar-refractivity contribution in [2.24, 2.45) is 11.8 Å². The van der Waals surface area contributed by atoms with Crippen LogP contribution in [0, 0.1) is 17.7 Å². The Morgan fingerprint density at radius 2 is 1.62 bits per heavy atom. The van der Waals surface area contributed by atoms with Gasteiger partial charge in [-0.1, -0.05) is 40.7 Å². The van der Waals surface area contributed by atoms with Gasteiger partial charge in [-0.25, -0.2) is 32.7 Å². The highest BCUT2D eigenvalue weighted by molar-refractivity contribution is 7.12. The summed E-state index contributed by atoms with van der Waals surface area (Å²) < 4.78 is 62.7. The zero-order valence-electron chi connectivity index (χ0n) is 38.7. The third-order valence-corrected chi connectivity index (χ3v) is 13.5.